The summed E-state index contributed by atoms with van der Waals surface area (Å²) in [6, 6.07) is 0. The molecule has 0 spiro atoms. The molecular formula is C5H12NO4PS2. The molecule has 13 heavy (non-hydrogen) atoms. The molecule has 0 saturated carbocycles. The SMILES string of the molecule is COP(N)(=O)SC/C=C/S(C)(=O)=O. The third-order valence-corrected chi connectivity index (χ3v) is 4.82. The molecule has 0 bridgehead atoms. The number of hydrogen-bond acceptors (Lipinski definition) is 5. The molecule has 0 saturated heterocycles. The first-order chi connectivity index (χ1) is 5.77. The first-order valence-electron chi connectivity index (χ1n) is 3.22. The first-order valence-corrected chi connectivity index (χ1v) is 8.46. The van der Waals surface area contributed by atoms with Gasteiger partial charge in [-0.2, -0.15) is 0 Å². The Morgan fingerprint density at radius 3 is 2.54 bits per heavy atom. The van der Waals surface area contributed by atoms with Crippen LogP contribution in [0.3, 0.4) is 0 Å². The number of nitrogens with two attached hydrogens (primary N) is 1. The standard InChI is InChI=1S/C5H12NO4PS2/c1-10-11(6,7)12-4-3-5-13(2,8)9/h3,5H,4H2,1-2H3,(H2,6,7)/b5-3+. The van der Waals surface area contributed by atoms with E-state index in [0.717, 1.165) is 23.0 Å². The lowest BCUT2D eigenvalue weighted by Crippen LogP contribution is -1.93. The third kappa shape index (κ3) is 8.52. The third-order valence-electron chi connectivity index (χ3n) is 0.949. The lowest BCUT2D eigenvalue weighted by Gasteiger charge is -2.06. The van der Waals surface area contributed by atoms with Gasteiger partial charge < -0.3 is 4.52 Å². The van der Waals surface area contributed by atoms with Gasteiger partial charge in [0.1, 0.15) is 0 Å². The molecule has 0 aliphatic heterocycles. The number of hydrogen-bond donors (Lipinski definition) is 1. The molecule has 1 unspecified atom stereocenters. The van der Waals surface area contributed by atoms with Crippen molar-refractivity contribution in [1.82, 2.24) is 0 Å². The van der Waals surface area contributed by atoms with E-state index in [2.05, 4.69) is 4.52 Å². The van der Waals surface area contributed by atoms with Crippen molar-refractivity contribution in [1.29, 1.82) is 0 Å². The van der Waals surface area contributed by atoms with Gasteiger partial charge in [0.2, 0.25) is 0 Å². The predicted octanol–water partition coefficient (Wildman–Crippen LogP) is 0.991. The lowest BCUT2D eigenvalue weighted by atomic mass is 10.8. The van der Waals surface area contributed by atoms with Gasteiger partial charge in [-0.05, 0) is 11.4 Å². The molecule has 0 aromatic carbocycles. The second kappa shape index (κ2) is 5.17. The van der Waals surface area contributed by atoms with Crippen LogP contribution in [0.4, 0.5) is 0 Å². The second-order valence-electron chi connectivity index (χ2n) is 2.22. The Labute approximate surface area is 81.9 Å². The van der Waals surface area contributed by atoms with Gasteiger partial charge in [-0.15, -0.1) is 0 Å². The van der Waals surface area contributed by atoms with E-state index in [0.29, 0.717) is 0 Å². The van der Waals surface area contributed by atoms with Crippen LogP contribution in [0.15, 0.2) is 11.5 Å². The Bertz CT molecular complexity index is 323. The summed E-state index contributed by atoms with van der Waals surface area (Å²) >= 11 is 0.879. The number of sulfone groups is 1. The zero-order valence-corrected chi connectivity index (χ0v) is 9.86. The molecule has 0 heterocycles. The summed E-state index contributed by atoms with van der Waals surface area (Å²) in [6.45, 7) is -3.08. The molecule has 8 heteroatoms. The van der Waals surface area contributed by atoms with E-state index in [1.54, 1.807) is 0 Å². The Balaban J connectivity index is 3.95. The van der Waals surface area contributed by atoms with Gasteiger partial charge in [-0.1, -0.05) is 6.08 Å². The van der Waals surface area contributed by atoms with Crippen LogP contribution in [-0.2, 0) is 18.9 Å². The van der Waals surface area contributed by atoms with E-state index in [-0.39, 0.29) is 5.75 Å². The molecule has 2 N–H and O–H groups in total. The lowest BCUT2D eigenvalue weighted by molar-refractivity contribution is 0.410. The average molecular weight is 245 g/mol. The van der Waals surface area contributed by atoms with Gasteiger partial charge >= 0.3 is 6.72 Å². The van der Waals surface area contributed by atoms with Crippen molar-refractivity contribution >= 4 is 27.9 Å². The highest BCUT2D eigenvalue weighted by Gasteiger charge is 2.13. The van der Waals surface area contributed by atoms with Gasteiger partial charge in [0.25, 0.3) is 0 Å². The van der Waals surface area contributed by atoms with E-state index < -0.39 is 16.6 Å². The molecule has 0 aliphatic carbocycles. The highest BCUT2D eigenvalue weighted by Crippen LogP contribution is 2.51. The fraction of sp³-hybridized carbons (Fsp3) is 0.600. The highest BCUT2D eigenvalue weighted by molar-refractivity contribution is 8.56. The molecule has 0 aromatic rings. The minimum Gasteiger partial charge on any atom is -0.313 e. The molecular weight excluding hydrogens is 233 g/mol. The van der Waals surface area contributed by atoms with Gasteiger partial charge in [-0.3, -0.25) is 10.1 Å². The summed E-state index contributed by atoms with van der Waals surface area (Å²) in [5, 5.41) is 1.04. The monoisotopic (exact) mass is 245 g/mol. The van der Waals surface area contributed by atoms with E-state index in [9.17, 15) is 13.0 Å². The maximum atomic E-state index is 11.0. The average Bonchev–Trinajstić information content (AvgIpc) is 1.97. The summed E-state index contributed by atoms with van der Waals surface area (Å²) in [5.74, 6) is 0.245. The Morgan fingerprint density at radius 2 is 2.15 bits per heavy atom. The van der Waals surface area contributed by atoms with E-state index in [1.807, 2.05) is 0 Å². The summed E-state index contributed by atoms with van der Waals surface area (Å²) in [6.07, 6.45) is 2.45. The van der Waals surface area contributed by atoms with Gasteiger partial charge in [-0.25, -0.2) is 8.42 Å². The Kier molecular flexibility index (Phi) is 5.24. The molecule has 0 aromatic heterocycles. The van der Waals surface area contributed by atoms with Crippen LogP contribution >= 0.6 is 18.1 Å². The maximum absolute atomic E-state index is 11.0. The van der Waals surface area contributed by atoms with Crippen molar-refractivity contribution in [2.24, 2.45) is 5.50 Å². The summed E-state index contributed by atoms with van der Waals surface area (Å²) in [5.41, 5.74) is 5.18. The number of rotatable bonds is 5. The van der Waals surface area contributed by atoms with Crippen molar-refractivity contribution in [2.45, 2.75) is 0 Å². The van der Waals surface area contributed by atoms with Crippen molar-refractivity contribution < 1.29 is 17.5 Å². The largest absolute Gasteiger partial charge is 0.323 e. The van der Waals surface area contributed by atoms with Crippen LogP contribution < -0.4 is 5.50 Å². The normalized spacial score (nSPS) is 17.5. The smallest absolute Gasteiger partial charge is 0.313 e. The Hall–Kier alpha value is 0.190. The van der Waals surface area contributed by atoms with E-state index >= 15 is 0 Å². The van der Waals surface area contributed by atoms with Crippen molar-refractivity contribution in [3.8, 4) is 0 Å². The minimum atomic E-state index is -3.11. The predicted molar refractivity (Wildman–Crippen MR) is 55.2 cm³/mol. The van der Waals surface area contributed by atoms with Crippen LogP contribution in [0.1, 0.15) is 0 Å². The van der Waals surface area contributed by atoms with Gasteiger partial charge in [0.15, 0.2) is 9.84 Å². The highest BCUT2D eigenvalue weighted by atomic mass is 32.7. The summed E-state index contributed by atoms with van der Waals surface area (Å²) < 4.78 is 36.7. The second-order valence-corrected chi connectivity index (χ2v) is 8.49. The molecule has 0 amide bonds. The zero-order valence-electron chi connectivity index (χ0n) is 7.34. The molecule has 0 radical (unpaired) electrons. The minimum absolute atomic E-state index is 0.245. The molecule has 1 atom stereocenters. The van der Waals surface area contributed by atoms with Crippen LogP contribution in [0.5, 0.6) is 0 Å². The summed E-state index contributed by atoms with van der Waals surface area (Å²) in [4.78, 5) is 0. The molecule has 0 rings (SSSR count). The van der Waals surface area contributed by atoms with E-state index in [4.69, 9.17) is 5.50 Å². The van der Waals surface area contributed by atoms with Crippen LogP contribution in [-0.4, -0.2) is 27.5 Å². The van der Waals surface area contributed by atoms with Crippen molar-refractivity contribution in [3.63, 3.8) is 0 Å². The van der Waals surface area contributed by atoms with Crippen molar-refractivity contribution in [3.05, 3.63) is 11.5 Å². The molecule has 5 nitrogen and oxygen atoms in total. The maximum Gasteiger partial charge on any atom is 0.323 e. The van der Waals surface area contributed by atoms with Gasteiger partial charge in [0, 0.05) is 24.5 Å². The Morgan fingerprint density at radius 1 is 1.62 bits per heavy atom. The fourth-order valence-corrected chi connectivity index (χ4v) is 2.67. The molecule has 78 valence electrons. The van der Waals surface area contributed by atoms with Crippen LogP contribution in [0.2, 0.25) is 0 Å². The van der Waals surface area contributed by atoms with Crippen LogP contribution in [0, 0.1) is 0 Å². The van der Waals surface area contributed by atoms with Crippen molar-refractivity contribution in [2.75, 3.05) is 19.1 Å². The summed E-state index contributed by atoms with van der Waals surface area (Å²) in [7, 11) is -1.87. The quantitative estimate of drug-likeness (QED) is 0.727. The topological polar surface area (TPSA) is 86.5 Å². The first kappa shape index (κ1) is 13.2. The zero-order chi connectivity index (χ0) is 10.5. The molecule has 0 fully saturated rings. The van der Waals surface area contributed by atoms with Crippen LogP contribution in [0.25, 0.3) is 0 Å². The molecule has 0 aliphatic rings. The van der Waals surface area contributed by atoms with Gasteiger partial charge in [0.05, 0.1) is 0 Å². The fourth-order valence-electron chi connectivity index (χ4n) is 0.414. The van der Waals surface area contributed by atoms with E-state index in [1.165, 1.54) is 13.2 Å².